The third-order valence-corrected chi connectivity index (χ3v) is 3.22. The highest BCUT2D eigenvalue weighted by atomic mass is 16.5. The number of rotatable bonds is 5. The first-order chi connectivity index (χ1) is 9.58. The van der Waals surface area contributed by atoms with Gasteiger partial charge in [0.25, 0.3) is 0 Å². The second-order valence-electron chi connectivity index (χ2n) is 4.93. The molecule has 2 rings (SSSR count). The quantitative estimate of drug-likeness (QED) is 0.846. The molecule has 0 spiro atoms. The largest absolute Gasteiger partial charge is 0.504 e. The Balaban J connectivity index is 2.59. The van der Waals surface area contributed by atoms with Crippen LogP contribution in [0.25, 0.3) is 11.4 Å². The number of aromatic hydroxyl groups is 1. The molecular weight excluding hydrogens is 252 g/mol. The minimum atomic E-state index is 0.166. The second kappa shape index (κ2) is 5.82. The standard InChI is InChI=1S/C16H20N2O2/c1-5-6-12-9-13(10-14(20-4)15(12)19)16-17-7-8-18(16)11(2)3/h5,7-11,19H,1,6H2,2-4H3. The number of aromatic nitrogens is 2. The van der Waals surface area contributed by atoms with Crippen molar-refractivity contribution in [3.8, 4) is 22.9 Å². The van der Waals surface area contributed by atoms with Crippen molar-refractivity contribution < 1.29 is 9.84 Å². The summed E-state index contributed by atoms with van der Waals surface area (Å²) in [4.78, 5) is 4.41. The van der Waals surface area contributed by atoms with Crippen LogP contribution in [0, 0.1) is 0 Å². The van der Waals surface area contributed by atoms with Crippen LogP contribution in [0.4, 0.5) is 0 Å². The Labute approximate surface area is 119 Å². The summed E-state index contributed by atoms with van der Waals surface area (Å²) < 4.78 is 7.34. The molecule has 1 aromatic carbocycles. The monoisotopic (exact) mass is 272 g/mol. The molecule has 106 valence electrons. The Morgan fingerprint density at radius 1 is 1.45 bits per heavy atom. The predicted octanol–water partition coefficient (Wildman–Crippen LogP) is 3.57. The van der Waals surface area contributed by atoms with Gasteiger partial charge in [-0.05, 0) is 32.4 Å². The number of benzene rings is 1. The number of ether oxygens (including phenoxy) is 1. The zero-order valence-corrected chi connectivity index (χ0v) is 12.1. The number of hydrogen-bond acceptors (Lipinski definition) is 3. The number of allylic oxidation sites excluding steroid dienone is 1. The molecule has 20 heavy (non-hydrogen) atoms. The lowest BCUT2D eigenvalue weighted by Crippen LogP contribution is -2.02. The van der Waals surface area contributed by atoms with Crippen LogP contribution in [0.3, 0.4) is 0 Å². The van der Waals surface area contributed by atoms with Gasteiger partial charge in [-0.25, -0.2) is 4.98 Å². The fourth-order valence-corrected chi connectivity index (χ4v) is 2.21. The molecule has 4 nitrogen and oxygen atoms in total. The van der Waals surface area contributed by atoms with E-state index < -0.39 is 0 Å². The number of phenolic OH excluding ortho intramolecular Hbond substituents is 1. The van der Waals surface area contributed by atoms with E-state index in [4.69, 9.17) is 4.74 Å². The molecule has 0 aliphatic carbocycles. The molecule has 4 heteroatoms. The lowest BCUT2D eigenvalue weighted by Gasteiger charge is -2.14. The molecule has 0 fully saturated rings. The minimum absolute atomic E-state index is 0.166. The number of methoxy groups -OCH3 is 1. The minimum Gasteiger partial charge on any atom is -0.504 e. The molecule has 0 unspecified atom stereocenters. The smallest absolute Gasteiger partial charge is 0.161 e. The van der Waals surface area contributed by atoms with Crippen LogP contribution in [0.2, 0.25) is 0 Å². The van der Waals surface area contributed by atoms with E-state index in [2.05, 4.69) is 30.0 Å². The van der Waals surface area contributed by atoms with Gasteiger partial charge >= 0.3 is 0 Å². The van der Waals surface area contributed by atoms with Crippen molar-refractivity contribution in [1.82, 2.24) is 9.55 Å². The summed E-state index contributed by atoms with van der Waals surface area (Å²) in [5, 5.41) is 10.1. The van der Waals surface area contributed by atoms with Gasteiger partial charge in [-0.1, -0.05) is 6.08 Å². The maximum atomic E-state index is 10.1. The van der Waals surface area contributed by atoms with Crippen molar-refractivity contribution in [3.05, 3.63) is 42.7 Å². The van der Waals surface area contributed by atoms with E-state index in [-0.39, 0.29) is 5.75 Å². The highest BCUT2D eigenvalue weighted by molar-refractivity contribution is 5.64. The van der Waals surface area contributed by atoms with Crippen molar-refractivity contribution >= 4 is 0 Å². The Kier molecular flexibility index (Phi) is 4.13. The molecule has 0 radical (unpaired) electrons. The molecule has 1 heterocycles. The third kappa shape index (κ3) is 2.54. The van der Waals surface area contributed by atoms with Crippen LogP contribution in [-0.2, 0) is 6.42 Å². The first-order valence-corrected chi connectivity index (χ1v) is 6.62. The van der Waals surface area contributed by atoms with Crippen molar-refractivity contribution in [1.29, 1.82) is 0 Å². The molecular formula is C16H20N2O2. The summed E-state index contributed by atoms with van der Waals surface area (Å²) in [5.74, 6) is 1.49. The van der Waals surface area contributed by atoms with E-state index in [1.165, 1.54) is 0 Å². The van der Waals surface area contributed by atoms with Crippen LogP contribution in [-0.4, -0.2) is 21.8 Å². The Bertz CT molecular complexity index is 615. The van der Waals surface area contributed by atoms with Gasteiger partial charge in [0.05, 0.1) is 7.11 Å². The van der Waals surface area contributed by atoms with Gasteiger partial charge in [0, 0.05) is 29.6 Å². The highest BCUT2D eigenvalue weighted by Crippen LogP contribution is 2.35. The van der Waals surface area contributed by atoms with E-state index in [0.29, 0.717) is 18.2 Å². The van der Waals surface area contributed by atoms with E-state index in [1.54, 1.807) is 19.4 Å². The molecule has 0 aliphatic rings. The number of imidazole rings is 1. The summed E-state index contributed by atoms with van der Waals surface area (Å²) >= 11 is 0. The highest BCUT2D eigenvalue weighted by Gasteiger charge is 2.14. The van der Waals surface area contributed by atoms with Crippen LogP contribution in [0.15, 0.2) is 37.2 Å². The first kappa shape index (κ1) is 14.2. The fourth-order valence-electron chi connectivity index (χ4n) is 2.21. The summed E-state index contributed by atoms with van der Waals surface area (Å²) in [7, 11) is 1.55. The molecule has 2 aromatic rings. The van der Waals surface area contributed by atoms with Crippen molar-refractivity contribution in [3.63, 3.8) is 0 Å². The van der Waals surface area contributed by atoms with Crippen LogP contribution >= 0.6 is 0 Å². The molecule has 1 aromatic heterocycles. The zero-order valence-electron chi connectivity index (χ0n) is 12.1. The molecule has 0 saturated carbocycles. The Hall–Kier alpha value is -2.23. The normalized spacial score (nSPS) is 10.8. The SMILES string of the molecule is C=CCc1cc(-c2nccn2C(C)C)cc(OC)c1O. The molecule has 1 N–H and O–H groups in total. The first-order valence-electron chi connectivity index (χ1n) is 6.62. The molecule has 0 aliphatic heterocycles. The Morgan fingerprint density at radius 3 is 2.80 bits per heavy atom. The lowest BCUT2D eigenvalue weighted by atomic mass is 10.0. The summed E-state index contributed by atoms with van der Waals surface area (Å²) in [5.41, 5.74) is 1.71. The maximum absolute atomic E-state index is 10.1. The topological polar surface area (TPSA) is 47.3 Å². The van der Waals surface area contributed by atoms with Gasteiger partial charge in [-0.15, -0.1) is 6.58 Å². The van der Waals surface area contributed by atoms with Crippen molar-refractivity contribution in [2.45, 2.75) is 26.3 Å². The lowest BCUT2D eigenvalue weighted by molar-refractivity contribution is 0.371. The Morgan fingerprint density at radius 2 is 2.20 bits per heavy atom. The number of phenols is 1. The van der Waals surface area contributed by atoms with E-state index in [0.717, 1.165) is 17.0 Å². The third-order valence-electron chi connectivity index (χ3n) is 3.22. The molecule has 0 saturated heterocycles. The van der Waals surface area contributed by atoms with Crippen LogP contribution in [0.1, 0.15) is 25.5 Å². The average Bonchev–Trinajstić information content (AvgIpc) is 2.90. The number of hydrogen-bond donors (Lipinski definition) is 1. The van der Waals surface area contributed by atoms with Crippen molar-refractivity contribution in [2.75, 3.05) is 7.11 Å². The zero-order chi connectivity index (χ0) is 14.7. The summed E-state index contributed by atoms with van der Waals surface area (Å²) in [6, 6.07) is 4.05. The van der Waals surface area contributed by atoms with Crippen LogP contribution in [0.5, 0.6) is 11.5 Å². The average molecular weight is 272 g/mol. The van der Waals surface area contributed by atoms with Gasteiger partial charge in [0.15, 0.2) is 11.5 Å². The van der Waals surface area contributed by atoms with Gasteiger partial charge in [0.2, 0.25) is 0 Å². The number of nitrogens with zero attached hydrogens (tertiary/aromatic N) is 2. The van der Waals surface area contributed by atoms with E-state index in [1.807, 2.05) is 18.3 Å². The van der Waals surface area contributed by atoms with Crippen molar-refractivity contribution in [2.24, 2.45) is 0 Å². The molecule has 0 amide bonds. The van der Waals surface area contributed by atoms with Gasteiger partial charge in [-0.2, -0.15) is 0 Å². The van der Waals surface area contributed by atoms with E-state index in [9.17, 15) is 5.11 Å². The summed E-state index contributed by atoms with van der Waals surface area (Å²) in [6.45, 7) is 7.93. The van der Waals surface area contributed by atoms with Gasteiger partial charge in [-0.3, -0.25) is 0 Å². The fraction of sp³-hybridized carbons (Fsp3) is 0.312. The van der Waals surface area contributed by atoms with Gasteiger partial charge < -0.3 is 14.4 Å². The van der Waals surface area contributed by atoms with Crippen LogP contribution < -0.4 is 4.74 Å². The maximum Gasteiger partial charge on any atom is 0.161 e. The molecule has 0 atom stereocenters. The predicted molar refractivity (Wildman–Crippen MR) is 80.2 cm³/mol. The summed E-state index contributed by atoms with van der Waals surface area (Å²) in [6.07, 6.45) is 6.07. The molecule has 0 bridgehead atoms. The van der Waals surface area contributed by atoms with Gasteiger partial charge in [0.1, 0.15) is 5.82 Å². The second-order valence-corrected chi connectivity index (χ2v) is 4.93. The van der Waals surface area contributed by atoms with E-state index >= 15 is 0 Å².